The molecule has 3 heteroatoms. The van der Waals surface area contributed by atoms with Crippen molar-refractivity contribution in [2.45, 2.75) is 52.2 Å². The predicted molar refractivity (Wildman–Crippen MR) is 75.8 cm³/mol. The monoisotopic (exact) mass is 255 g/mol. The average Bonchev–Trinajstić information content (AvgIpc) is 2.75. The number of hydrogen-bond donors (Lipinski definition) is 1. The van der Waals surface area contributed by atoms with Gasteiger partial charge in [0.1, 0.15) is 0 Å². The Morgan fingerprint density at radius 1 is 1.47 bits per heavy atom. The molecule has 0 aliphatic heterocycles. The van der Waals surface area contributed by atoms with Crippen LogP contribution in [0.25, 0.3) is 0 Å². The third-order valence-corrected chi connectivity index (χ3v) is 4.63. The van der Waals surface area contributed by atoms with Crippen molar-refractivity contribution in [1.29, 1.82) is 0 Å². The quantitative estimate of drug-likeness (QED) is 0.797. The van der Waals surface area contributed by atoms with Crippen LogP contribution in [0.3, 0.4) is 0 Å². The molecule has 0 saturated carbocycles. The highest BCUT2D eigenvalue weighted by molar-refractivity contribution is 7.10. The Bertz CT molecular complexity index is 331. The van der Waals surface area contributed by atoms with Crippen LogP contribution in [0.4, 0.5) is 0 Å². The molecular formula is C14H25NOS. The summed E-state index contributed by atoms with van der Waals surface area (Å²) < 4.78 is 5.77. The standard InChI is InChI=1S/C14H25NOS/c1-6-9-15-13(14(4,7-2)16-5)12-11(3)8-10-17-12/h8,10,13,15H,6-7,9H2,1-5H3. The number of aryl methyl sites for hydroxylation is 1. The molecule has 0 radical (unpaired) electrons. The summed E-state index contributed by atoms with van der Waals surface area (Å²) in [6.07, 6.45) is 2.15. The van der Waals surface area contributed by atoms with Crippen LogP contribution in [-0.4, -0.2) is 19.3 Å². The van der Waals surface area contributed by atoms with E-state index in [9.17, 15) is 0 Å². The molecule has 1 aromatic heterocycles. The normalized spacial score (nSPS) is 16.8. The van der Waals surface area contributed by atoms with E-state index in [-0.39, 0.29) is 11.6 Å². The van der Waals surface area contributed by atoms with Crippen LogP contribution in [0.15, 0.2) is 11.4 Å². The Hall–Kier alpha value is -0.380. The minimum atomic E-state index is -0.134. The van der Waals surface area contributed by atoms with Gasteiger partial charge in [-0.15, -0.1) is 11.3 Å². The van der Waals surface area contributed by atoms with Crippen molar-refractivity contribution in [3.63, 3.8) is 0 Å². The van der Waals surface area contributed by atoms with Gasteiger partial charge in [-0.2, -0.15) is 0 Å². The Kier molecular flexibility index (Phi) is 5.63. The van der Waals surface area contributed by atoms with Gasteiger partial charge in [-0.1, -0.05) is 13.8 Å². The first kappa shape index (κ1) is 14.7. The van der Waals surface area contributed by atoms with E-state index in [2.05, 4.69) is 44.5 Å². The SMILES string of the molecule is CCCNC(c1sccc1C)C(C)(CC)OC. The average molecular weight is 255 g/mol. The molecule has 0 amide bonds. The maximum absolute atomic E-state index is 5.77. The lowest BCUT2D eigenvalue weighted by molar-refractivity contribution is -0.0291. The Morgan fingerprint density at radius 3 is 2.59 bits per heavy atom. The molecule has 98 valence electrons. The summed E-state index contributed by atoms with van der Waals surface area (Å²) in [4.78, 5) is 1.41. The lowest BCUT2D eigenvalue weighted by Gasteiger charge is -2.36. The predicted octanol–water partition coefficient (Wildman–Crippen LogP) is 3.91. The fourth-order valence-corrected chi connectivity index (χ4v) is 3.16. The largest absolute Gasteiger partial charge is 0.377 e. The topological polar surface area (TPSA) is 21.3 Å². The second-order valence-electron chi connectivity index (χ2n) is 4.73. The summed E-state index contributed by atoms with van der Waals surface area (Å²) in [5, 5.41) is 5.80. The van der Waals surface area contributed by atoms with Gasteiger partial charge in [-0.25, -0.2) is 0 Å². The first-order valence-corrected chi connectivity index (χ1v) is 7.29. The van der Waals surface area contributed by atoms with Gasteiger partial charge in [0.15, 0.2) is 0 Å². The molecule has 1 rings (SSSR count). The van der Waals surface area contributed by atoms with Gasteiger partial charge in [-0.05, 0) is 50.2 Å². The Morgan fingerprint density at radius 2 is 2.18 bits per heavy atom. The van der Waals surface area contributed by atoms with Crippen LogP contribution in [0, 0.1) is 6.92 Å². The molecule has 0 aliphatic carbocycles. The summed E-state index contributed by atoms with van der Waals surface area (Å²) >= 11 is 1.82. The zero-order valence-electron chi connectivity index (χ0n) is 11.7. The van der Waals surface area contributed by atoms with E-state index in [4.69, 9.17) is 4.74 Å². The van der Waals surface area contributed by atoms with Gasteiger partial charge >= 0.3 is 0 Å². The highest BCUT2D eigenvalue weighted by Crippen LogP contribution is 2.36. The van der Waals surface area contributed by atoms with Gasteiger partial charge in [-0.3, -0.25) is 0 Å². The first-order chi connectivity index (χ1) is 8.09. The molecule has 1 N–H and O–H groups in total. The van der Waals surface area contributed by atoms with E-state index in [1.807, 2.05) is 18.4 Å². The molecule has 0 saturated heterocycles. The summed E-state index contributed by atoms with van der Waals surface area (Å²) in [5.41, 5.74) is 1.23. The fourth-order valence-electron chi connectivity index (χ4n) is 2.02. The van der Waals surface area contributed by atoms with Crippen LogP contribution in [0.2, 0.25) is 0 Å². The minimum absolute atomic E-state index is 0.134. The summed E-state index contributed by atoms with van der Waals surface area (Å²) in [7, 11) is 1.81. The molecule has 1 aromatic rings. The van der Waals surface area contributed by atoms with E-state index >= 15 is 0 Å². The van der Waals surface area contributed by atoms with E-state index < -0.39 is 0 Å². The zero-order valence-corrected chi connectivity index (χ0v) is 12.5. The highest BCUT2D eigenvalue weighted by atomic mass is 32.1. The maximum Gasteiger partial charge on any atom is 0.0850 e. The minimum Gasteiger partial charge on any atom is -0.377 e. The smallest absolute Gasteiger partial charge is 0.0850 e. The molecule has 1 heterocycles. The number of methoxy groups -OCH3 is 1. The zero-order chi connectivity index (χ0) is 12.9. The second kappa shape index (κ2) is 6.53. The fraction of sp³-hybridized carbons (Fsp3) is 0.714. The number of rotatable bonds is 7. The van der Waals surface area contributed by atoms with Gasteiger partial charge < -0.3 is 10.1 Å². The summed E-state index contributed by atoms with van der Waals surface area (Å²) in [5.74, 6) is 0. The molecule has 0 spiro atoms. The van der Waals surface area contributed by atoms with Crippen molar-refractivity contribution in [2.24, 2.45) is 0 Å². The first-order valence-electron chi connectivity index (χ1n) is 6.41. The number of nitrogens with one attached hydrogen (secondary N) is 1. The molecule has 2 unspecified atom stereocenters. The van der Waals surface area contributed by atoms with Crippen molar-refractivity contribution in [3.05, 3.63) is 21.9 Å². The second-order valence-corrected chi connectivity index (χ2v) is 5.67. The molecule has 17 heavy (non-hydrogen) atoms. The lowest BCUT2D eigenvalue weighted by Crippen LogP contribution is -2.43. The molecular weight excluding hydrogens is 230 g/mol. The van der Waals surface area contributed by atoms with Gasteiger partial charge in [0, 0.05) is 12.0 Å². The van der Waals surface area contributed by atoms with E-state index in [0.717, 1.165) is 19.4 Å². The van der Waals surface area contributed by atoms with Crippen molar-refractivity contribution >= 4 is 11.3 Å². The molecule has 0 aliphatic rings. The number of hydrogen-bond acceptors (Lipinski definition) is 3. The molecule has 2 nitrogen and oxygen atoms in total. The molecule has 0 bridgehead atoms. The van der Waals surface area contributed by atoms with Crippen molar-refractivity contribution < 1.29 is 4.74 Å². The van der Waals surface area contributed by atoms with E-state index in [1.165, 1.54) is 10.4 Å². The van der Waals surface area contributed by atoms with Gasteiger partial charge in [0.25, 0.3) is 0 Å². The van der Waals surface area contributed by atoms with E-state index in [1.54, 1.807) is 0 Å². The third kappa shape index (κ3) is 3.30. The van der Waals surface area contributed by atoms with Crippen LogP contribution >= 0.6 is 11.3 Å². The van der Waals surface area contributed by atoms with Gasteiger partial charge in [0.05, 0.1) is 11.6 Å². The highest BCUT2D eigenvalue weighted by Gasteiger charge is 2.34. The van der Waals surface area contributed by atoms with Crippen molar-refractivity contribution in [2.75, 3.05) is 13.7 Å². The lowest BCUT2D eigenvalue weighted by atomic mass is 9.90. The number of thiophene rings is 1. The van der Waals surface area contributed by atoms with Crippen LogP contribution in [0.5, 0.6) is 0 Å². The van der Waals surface area contributed by atoms with Gasteiger partial charge in [0.2, 0.25) is 0 Å². The molecule has 0 aromatic carbocycles. The van der Waals surface area contributed by atoms with E-state index in [0.29, 0.717) is 0 Å². The molecule has 2 atom stereocenters. The summed E-state index contributed by atoms with van der Waals surface area (Å²) in [6, 6.07) is 2.48. The van der Waals surface area contributed by atoms with Crippen molar-refractivity contribution in [3.8, 4) is 0 Å². The maximum atomic E-state index is 5.77. The van der Waals surface area contributed by atoms with Crippen LogP contribution < -0.4 is 5.32 Å². The third-order valence-electron chi connectivity index (χ3n) is 3.54. The molecule has 0 fully saturated rings. The number of ether oxygens (including phenoxy) is 1. The Balaban J connectivity index is 2.99. The van der Waals surface area contributed by atoms with Crippen LogP contribution in [0.1, 0.15) is 50.1 Å². The summed E-state index contributed by atoms with van der Waals surface area (Å²) in [6.45, 7) is 9.78. The van der Waals surface area contributed by atoms with Crippen LogP contribution in [-0.2, 0) is 4.74 Å². The van der Waals surface area contributed by atoms with Crippen molar-refractivity contribution in [1.82, 2.24) is 5.32 Å². The Labute approximate surface area is 109 Å².